The van der Waals surface area contributed by atoms with E-state index in [1.165, 1.54) is 0 Å². The summed E-state index contributed by atoms with van der Waals surface area (Å²) in [5, 5.41) is 0. The van der Waals surface area contributed by atoms with Crippen LogP contribution in [0.15, 0.2) is 18.7 Å². The van der Waals surface area contributed by atoms with Gasteiger partial charge in [0.2, 0.25) is 6.33 Å². The van der Waals surface area contributed by atoms with Crippen molar-refractivity contribution in [2.75, 3.05) is 13.7 Å². The number of imidazole rings is 1. The van der Waals surface area contributed by atoms with Gasteiger partial charge in [-0.15, -0.1) is 0 Å². The Morgan fingerprint density at radius 2 is 2.36 bits per heavy atom. The molecular weight excluding hydrogens is 140 g/mol. The van der Waals surface area contributed by atoms with Gasteiger partial charge in [-0.1, -0.05) is 0 Å². The van der Waals surface area contributed by atoms with Crippen molar-refractivity contribution in [3.05, 3.63) is 18.7 Å². The third-order valence-corrected chi connectivity index (χ3v) is 1.59. The van der Waals surface area contributed by atoms with Gasteiger partial charge in [-0.3, -0.25) is 0 Å². The van der Waals surface area contributed by atoms with Crippen molar-refractivity contribution >= 4 is 0 Å². The van der Waals surface area contributed by atoms with Crippen LogP contribution in [0.1, 0.15) is 6.42 Å². The minimum absolute atomic E-state index is 0.835. The summed E-state index contributed by atoms with van der Waals surface area (Å²) in [5.41, 5.74) is 0. The van der Waals surface area contributed by atoms with E-state index < -0.39 is 0 Å². The molecule has 0 bridgehead atoms. The zero-order valence-electron chi connectivity index (χ0n) is 7.16. The van der Waals surface area contributed by atoms with E-state index in [9.17, 15) is 0 Å². The SMILES string of the molecule is COCCC[n+]1ccn(C)c1. The van der Waals surface area contributed by atoms with Gasteiger partial charge in [0.05, 0.1) is 13.6 Å². The summed E-state index contributed by atoms with van der Waals surface area (Å²) in [5.74, 6) is 0. The molecule has 0 aromatic carbocycles. The van der Waals surface area contributed by atoms with Gasteiger partial charge in [0.25, 0.3) is 0 Å². The molecule has 11 heavy (non-hydrogen) atoms. The maximum Gasteiger partial charge on any atom is 0.243 e. The predicted octanol–water partition coefficient (Wildman–Crippen LogP) is 0.349. The minimum Gasteiger partial charge on any atom is -0.385 e. The third kappa shape index (κ3) is 2.72. The van der Waals surface area contributed by atoms with Crippen LogP contribution >= 0.6 is 0 Å². The first-order valence-corrected chi connectivity index (χ1v) is 3.83. The summed E-state index contributed by atoms with van der Waals surface area (Å²) < 4.78 is 9.14. The molecule has 0 aliphatic carbocycles. The van der Waals surface area contributed by atoms with Crippen LogP contribution in [0.4, 0.5) is 0 Å². The Labute approximate surface area is 67.2 Å². The van der Waals surface area contributed by atoms with E-state index in [2.05, 4.69) is 17.1 Å². The van der Waals surface area contributed by atoms with Crippen molar-refractivity contribution in [3.8, 4) is 0 Å². The largest absolute Gasteiger partial charge is 0.385 e. The summed E-state index contributed by atoms with van der Waals surface area (Å²) >= 11 is 0. The quantitative estimate of drug-likeness (QED) is 0.453. The highest BCUT2D eigenvalue weighted by Crippen LogP contribution is 1.82. The minimum atomic E-state index is 0.835. The summed E-state index contributed by atoms with van der Waals surface area (Å²) in [6, 6.07) is 0. The van der Waals surface area contributed by atoms with Gasteiger partial charge in [0.1, 0.15) is 12.4 Å². The number of nitrogens with zero attached hydrogens (tertiary/aromatic N) is 2. The van der Waals surface area contributed by atoms with Gasteiger partial charge in [-0.2, -0.15) is 0 Å². The smallest absolute Gasteiger partial charge is 0.243 e. The Kier molecular flexibility index (Phi) is 3.11. The molecule has 0 saturated carbocycles. The van der Waals surface area contributed by atoms with Gasteiger partial charge < -0.3 is 4.74 Å². The third-order valence-electron chi connectivity index (χ3n) is 1.59. The number of hydrogen-bond donors (Lipinski definition) is 0. The molecule has 3 nitrogen and oxygen atoms in total. The van der Waals surface area contributed by atoms with Crippen LogP contribution in [0.25, 0.3) is 0 Å². The molecule has 0 spiro atoms. The number of hydrogen-bond acceptors (Lipinski definition) is 1. The molecular formula is C8H15N2O+. The second-order valence-corrected chi connectivity index (χ2v) is 2.66. The van der Waals surface area contributed by atoms with E-state index in [0.29, 0.717) is 0 Å². The van der Waals surface area contributed by atoms with Crippen molar-refractivity contribution < 1.29 is 9.30 Å². The molecule has 1 heterocycles. The molecule has 62 valence electrons. The van der Waals surface area contributed by atoms with Crippen LogP contribution in [0.2, 0.25) is 0 Å². The van der Waals surface area contributed by atoms with Crippen LogP contribution in [0, 0.1) is 0 Å². The highest BCUT2D eigenvalue weighted by atomic mass is 16.5. The van der Waals surface area contributed by atoms with E-state index in [-0.39, 0.29) is 0 Å². The number of methoxy groups -OCH3 is 1. The molecule has 3 heteroatoms. The van der Waals surface area contributed by atoms with E-state index in [4.69, 9.17) is 4.74 Å². The molecule has 0 fully saturated rings. The maximum absolute atomic E-state index is 4.95. The van der Waals surface area contributed by atoms with Crippen molar-refractivity contribution in [2.24, 2.45) is 7.05 Å². The van der Waals surface area contributed by atoms with Gasteiger partial charge in [-0.25, -0.2) is 9.13 Å². The summed E-state index contributed by atoms with van der Waals surface area (Å²) in [7, 11) is 3.75. The molecule has 0 unspecified atom stereocenters. The molecule has 1 aromatic heterocycles. The highest BCUT2D eigenvalue weighted by molar-refractivity contribution is 4.61. The predicted molar refractivity (Wildman–Crippen MR) is 42.1 cm³/mol. The van der Waals surface area contributed by atoms with Crippen molar-refractivity contribution in [2.45, 2.75) is 13.0 Å². The van der Waals surface area contributed by atoms with Gasteiger partial charge in [0.15, 0.2) is 0 Å². The fourth-order valence-corrected chi connectivity index (χ4v) is 1.03. The van der Waals surface area contributed by atoms with Crippen LogP contribution < -0.4 is 4.57 Å². The molecule has 0 atom stereocenters. The van der Waals surface area contributed by atoms with Crippen molar-refractivity contribution in [1.29, 1.82) is 0 Å². The Hall–Kier alpha value is -0.830. The van der Waals surface area contributed by atoms with E-state index in [1.54, 1.807) is 7.11 Å². The Morgan fingerprint density at radius 1 is 1.55 bits per heavy atom. The van der Waals surface area contributed by atoms with E-state index in [0.717, 1.165) is 19.6 Å². The second kappa shape index (κ2) is 4.13. The first-order valence-electron chi connectivity index (χ1n) is 3.83. The van der Waals surface area contributed by atoms with Crippen molar-refractivity contribution in [1.82, 2.24) is 4.57 Å². The fraction of sp³-hybridized carbons (Fsp3) is 0.625. The molecule has 0 amide bonds. The topological polar surface area (TPSA) is 18.0 Å². The number of aromatic nitrogens is 2. The molecule has 0 aliphatic heterocycles. The lowest BCUT2D eigenvalue weighted by Crippen LogP contribution is -2.31. The lowest BCUT2D eigenvalue weighted by Gasteiger charge is -1.94. The molecule has 1 aromatic rings. The van der Waals surface area contributed by atoms with Gasteiger partial charge >= 0.3 is 0 Å². The molecule has 0 N–H and O–H groups in total. The molecule has 1 rings (SSSR count). The average molecular weight is 155 g/mol. The zero-order chi connectivity index (χ0) is 8.10. The van der Waals surface area contributed by atoms with Gasteiger partial charge in [-0.05, 0) is 0 Å². The Morgan fingerprint density at radius 3 is 2.91 bits per heavy atom. The normalized spacial score (nSPS) is 10.4. The number of ether oxygens (including phenoxy) is 1. The second-order valence-electron chi connectivity index (χ2n) is 2.66. The van der Waals surface area contributed by atoms with E-state index >= 15 is 0 Å². The van der Waals surface area contributed by atoms with Gasteiger partial charge in [0, 0.05) is 20.1 Å². The zero-order valence-corrected chi connectivity index (χ0v) is 7.16. The highest BCUT2D eigenvalue weighted by Gasteiger charge is 1.97. The standard InChI is InChI=1S/C8H15N2O/c1-9-5-6-10(8-9)4-3-7-11-2/h5-6,8H,3-4,7H2,1-2H3/q+1. The summed E-state index contributed by atoms with van der Waals surface area (Å²) in [4.78, 5) is 0. The summed E-state index contributed by atoms with van der Waals surface area (Å²) in [6.45, 7) is 1.87. The maximum atomic E-state index is 4.95. The first kappa shape index (κ1) is 8.27. The molecule has 0 radical (unpaired) electrons. The molecule has 0 saturated heterocycles. The number of aryl methyl sites for hydroxylation is 2. The Bertz CT molecular complexity index is 208. The van der Waals surface area contributed by atoms with Crippen LogP contribution in [0.3, 0.4) is 0 Å². The van der Waals surface area contributed by atoms with E-state index in [1.807, 2.05) is 17.8 Å². The van der Waals surface area contributed by atoms with Crippen LogP contribution in [-0.4, -0.2) is 18.3 Å². The lowest BCUT2D eigenvalue weighted by atomic mass is 10.4. The average Bonchev–Trinajstić information content (AvgIpc) is 2.37. The molecule has 0 aliphatic rings. The monoisotopic (exact) mass is 155 g/mol. The Balaban J connectivity index is 2.27. The van der Waals surface area contributed by atoms with Crippen molar-refractivity contribution in [3.63, 3.8) is 0 Å². The van der Waals surface area contributed by atoms with Crippen LogP contribution in [0.5, 0.6) is 0 Å². The first-order chi connectivity index (χ1) is 5.33. The number of rotatable bonds is 4. The van der Waals surface area contributed by atoms with Crippen LogP contribution in [-0.2, 0) is 18.3 Å². The summed E-state index contributed by atoms with van der Waals surface area (Å²) in [6.07, 6.45) is 7.24. The fourth-order valence-electron chi connectivity index (χ4n) is 1.03. The lowest BCUT2D eigenvalue weighted by molar-refractivity contribution is -0.697.